The van der Waals surface area contributed by atoms with Crippen molar-refractivity contribution in [2.45, 2.75) is 32.2 Å². The number of hydrogen-bond donors (Lipinski definition) is 2. The largest absolute Gasteiger partial charge is 0.318 e. The molecule has 2 rings (SSSR count). The standard InChI is InChI=1S/C13H19N5OS/c1-3-18(12-15-9-16-17-12)11(19)13(2,14)7-6-10-5-4-8-20-10/h4-5,8-9H,3,6-7,14H2,1-2H3,(H,15,16,17). The van der Waals surface area contributed by atoms with E-state index in [1.807, 2.05) is 18.4 Å². The number of rotatable bonds is 6. The molecule has 20 heavy (non-hydrogen) atoms. The highest BCUT2D eigenvalue weighted by molar-refractivity contribution is 7.09. The van der Waals surface area contributed by atoms with E-state index in [1.165, 1.54) is 16.1 Å². The smallest absolute Gasteiger partial charge is 0.249 e. The van der Waals surface area contributed by atoms with Crippen LogP contribution >= 0.6 is 11.3 Å². The molecule has 0 aliphatic rings. The van der Waals surface area contributed by atoms with Crippen LogP contribution in [0, 0.1) is 0 Å². The van der Waals surface area contributed by atoms with Crippen molar-refractivity contribution in [3.8, 4) is 0 Å². The van der Waals surface area contributed by atoms with Gasteiger partial charge in [0.2, 0.25) is 11.9 Å². The Morgan fingerprint density at radius 2 is 2.40 bits per heavy atom. The number of carbonyl (C=O) groups excluding carboxylic acids is 1. The second-order valence-electron chi connectivity index (χ2n) is 4.86. The number of nitrogens with two attached hydrogens (primary N) is 1. The topological polar surface area (TPSA) is 87.9 Å². The normalized spacial score (nSPS) is 13.9. The zero-order valence-electron chi connectivity index (χ0n) is 11.7. The van der Waals surface area contributed by atoms with Gasteiger partial charge in [-0.25, -0.2) is 5.10 Å². The molecule has 0 saturated heterocycles. The lowest BCUT2D eigenvalue weighted by molar-refractivity contribution is -0.123. The van der Waals surface area contributed by atoms with Crippen LogP contribution in [-0.2, 0) is 11.2 Å². The Hall–Kier alpha value is -1.73. The number of aromatic nitrogens is 3. The molecule has 0 saturated carbocycles. The quantitative estimate of drug-likeness (QED) is 0.846. The summed E-state index contributed by atoms with van der Waals surface area (Å²) in [6, 6.07) is 4.06. The van der Waals surface area contributed by atoms with E-state index in [0.717, 1.165) is 6.42 Å². The number of thiophene rings is 1. The predicted octanol–water partition coefficient (Wildman–Crippen LogP) is 1.57. The zero-order valence-corrected chi connectivity index (χ0v) is 12.5. The number of aromatic amines is 1. The molecule has 1 atom stereocenters. The summed E-state index contributed by atoms with van der Waals surface area (Å²) < 4.78 is 0. The van der Waals surface area contributed by atoms with E-state index in [0.29, 0.717) is 18.9 Å². The molecule has 108 valence electrons. The van der Waals surface area contributed by atoms with Gasteiger partial charge in [-0.1, -0.05) is 6.07 Å². The minimum atomic E-state index is -0.924. The van der Waals surface area contributed by atoms with Crippen LogP contribution in [0.4, 0.5) is 5.95 Å². The van der Waals surface area contributed by atoms with Crippen LogP contribution < -0.4 is 10.6 Å². The number of hydrogen-bond acceptors (Lipinski definition) is 5. The maximum atomic E-state index is 12.6. The van der Waals surface area contributed by atoms with Gasteiger partial charge in [-0.05, 0) is 38.1 Å². The van der Waals surface area contributed by atoms with Gasteiger partial charge in [0.15, 0.2) is 0 Å². The minimum absolute atomic E-state index is 0.145. The fourth-order valence-corrected chi connectivity index (χ4v) is 2.68. The van der Waals surface area contributed by atoms with Crippen LogP contribution in [0.25, 0.3) is 0 Å². The molecule has 0 aliphatic heterocycles. The monoisotopic (exact) mass is 293 g/mol. The summed E-state index contributed by atoms with van der Waals surface area (Å²) in [4.78, 5) is 19.4. The van der Waals surface area contributed by atoms with Crippen molar-refractivity contribution in [1.29, 1.82) is 0 Å². The van der Waals surface area contributed by atoms with Crippen LogP contribution in [0.5, 0.6) is 0 Å². The molecule has 2 aromatic rings. The van der Waals surface area contributed by atoms with Crippen molar-refractivity contribution in [1.82, 2.24) is 15.2 Å². The maximum absolute atomic E-state index is 12.6. The first-order chi connectivity index (χ1) is 9.54. The van der Waals surface area contributed by atoms with Gasteiger partial charge >= 0.3 is 0 Å². The van der Waals surface area contributed by atoms with Crippen molar-refractivity contribution < 1.29 is 4.79 Å². The summed E-state index contributed by atoms with van der Waals surface area (Å²) in [5.74, 6) is 0.290. The van der Waals surface area contributed by atoms with Gasteiger partial charge in [0.25, 0.3) is 0 Å². The lowest BCUT2D eigenvalue weighted by Gasteiger charge is -2.29. The number of likely N-dealkylation sites (N-methyl/N-ethyl adjacent to an activating group) is 1. The number of amides is 1. The molecular weight excluding hydrogens is 274 g/mol. The number of H-pyrrole nitrogens is 1. The summed E-state index contributed by atoms with van der Waals surface area (Å²) in [5, 5.41) is 8.50. The highest BCUT2D eigenvalue weighted by Crippen LogP contribution is 2.19. The van der Waals surface area contributed by atoms with Crippen molar-refractivity contribution in [2.75, 3.05) is 11.4 Å². The van der Waals surface area contributed by atoms with Crippen LogP contribution in [0.15, 0.2) is 23.8 Å². The van der Waals surface area contributed by atoms with Crippen LogP contribution in [-0.4, -0.2) is 33.2 Å². The molecular formula is C13H19N5OS. The fourth-order valence-electron chi connectivity index (χ4n) is 1.97. The zero-order chi connectivity index (χ0) is 14.6. The molecule has 2 heterocycles. The van der Waals surface area contributed by atoms with Crippen LogP contribution in [0.1, 0.15) is 25.1 Å². The molecule has 7 heteroatoms. The van der Waals surface area contributed by atoms with Crippen molar-refractivity contribution >= 4 is 23.2 Å². The lowest BCUT2D eigenvalue weighted by atomic mass is 9.95. The van der Waals surface area contributed by atoms with Crippen molar-refractivity contribution in [3.05, 3.63) is 28.7 Å². The Labute approximate surface area is 122 Å². The maximum Gasteiger partial charge on any atom is 0.249 e. The van der Waals surface area contributed by atoms with Gasteiger partial charge in [0.05, 0.1) is 5.54 Å². The SMILES string of the molecule is CCN(C(=O)C(C)(N)CCc1cccs1)c1ncn[nH]1. The number of carbonyl (C=O) groups is 1. The molecule has 0 aliphatic carbocycles. The average molecular weight is 293 g/mol. The van der Waals surface area contributed by atoms with Crippen LogP contribution in [0.2, 0.25) is 0 Å². The molecule has 1 amide bonds. The molecule has 0 spiro atoms. The predicted molar refractivity (Wildman–Crippen MR) is 79.6 cm³/mol. The number of nitrogens with zero attached hydrogens (tertiary/aromatic N) is 3. The Morgan fingerprint density at radius 1 is 1.60 bits per heavy atom. The first-order valence-corrected chi connectivity index (χ1v) is 7.41. The van der Waals surface area contributed by atoms with Gasteiger partial charge in [0.1, 0.15) is 6.33 Å². The van der Waals surface area contributed by atoms with E-state index >= 15 is 0 Å². The number of nitrogens with one attached hydrogen (secondary N) is 1. The summed E-state index contributed by atoms with van der Waals surface area (Å²) >= 11 is 1.68. The first-order valence-electron chi connectivity index (χ1n) is 6.53. The Bertz CT molecular complexity index is 535. The summed E-state index contributed by atoms with van der Waals surface area (Å²) in [6.07, 6.45) is 2.77. The van der Waals surface area contributed by atoms with Gasteiger partial charge in [0, 0.05) is 11.4 Å². The molecule has 3 N–H and O–H groups in total. The number of aryl methyl sites for hydroxylation is 1. The molecule has 0 bridgehead atoms. The van der Waals surface area contributed by atoms with E-state index in [9.17, 15) is 4.79 Å². The molecule has 0 aromatic carbocycles. The second-order valence-corrected chi connectivity index (χ2v) is 5.89. The number of anilines is 1. The van der Waals surface area contributed by atoms with E-state index in [2.05, 4.69) is 21.2 Å². The van der Waals surface area contributed by atoms with E-state index in [-0.39, 0.29) is 5.91 Å². The minimum Gasteiger partial charge on any atom is -0.318 e. The third kappa shape index (κ3) is 3.23. The Morgan fingerprint density at radius 3 is 2.95 bits per heavy atom. The van der Waals surface area contributed by atoms with Gasteiger partial charge < -0.3 is 5.73 Å². The molecule has 6 nitrogen and oxygen atoms in total. The van der Waals surface area contributed by atoms with Gasteiger partial charge in [-0.2, -0.15) is 10.1 Å². The Balaban J connectivity index is 2.05. The lowest BCUT2D eigenvalue weighted by Crippen LogP contribution is -2.54. The first kappa shape index (κ1) is 14.7. The molecule has 2 aromatic heterocycles. The van der Waals surface area contributed by atoms with Crippen molar-refractivity contribution in [2.24, 2.45) is 5.73 Å². The molecule has 0 fully saturated rings. The third-order valence-electron chi connectivity index (χ3n) is 3.18. The highest BCUT2D eigenvalue weighted by Gasteiger charge is 2.33. The molecule has 1 unspecified atom stereocenters. The van der Waals surface area contributed by atoms with Gasteiger partial charge in [-0.3, -0.25) is 9.69 Å². The Kier molecular flexibility index (Phi) is 4.51. The average Bonchev–Trinajstić information content (AvgIpc) is 3.10. The summed E-state index contributed by atoms with van der Waals surface area (Å²) in [7, 11) is 0. The van der Waals surface area contributed by atoms with Crippen LogP contribution in [0.3, 0.4) is 0 Å². The third-order valence-corrected chi connectivity index (χ3v) is 4.11. The fraction of sp³-hybridized carbons (Fsp3) is 0.462. The van der Waals surface area contributed by atoms with Gasteiger partial charge in [-0.15, -0.1) is 11.3 Å². The summed E-state index contributed by atoms with van der Waals surface area (Å²) in [6.45, 7) is 4.15. The van der Waals surface area contributed by atoms with E-state index in [4.69, 9.17) is 5.73 Å². The highest BCUT2D eigenvalue weighted by atomic mass is 32.1. The van der Waals surface area contributed by atoms with E-state index in [1.54, 1.807) is 18.3 Å². The summed E-state index contributed by atoms with van der Waals surface area (Å²) in [5.41, 5.74) is 5.29. The van der Waals surface area contributed by atoms with E-state index < -0.39 is 5.54 Å². The second kappa shape index (κ2) is 6.15. The van der Waals surface area contributed by atoms with Crippen molar-refractivity contribution in [3.63, 3.8) is 0 Å². The molecule has 0 radical (unpaired) electrons.